The first-order valence-electron chi connectivity index (χ1n) is 5.78. The second-order valence-electron chi connectivity index (χ2n) is 4.24. The summed E-state index contributed by atoms with van der Waals surface area (Å²) in [4.78, 5) is 11.0. The van der Waals surface area contributed by atoms with E-state index in [2.05, 4.69) is 5.32 Å². The maximum absolute atomic E-state index is 12.6. The molecule has 0 atom stereocenters. The van der Waals surface area contributed by atoms with E-state index in [-0.39, 0.29) is 22.7 Å². The van der Waals surface area contributed by atoms with Crippen LogP contribution in [-0.4, -0.2) is 16.2 Å². The fourth-order valence-electron chi connectivity index (χ4n) is 1.75. The van der Waals surface area contributed by atoms with E-state index < -0.39 is 17.7 Å². The maximum atomic E-state index is 12.6. The van der Waals surface area contributed by atoms with Gasteiger partial charge in [-0.05, 0) is 30.3 Å². The van der Waals surface area contributed by atoms with Crippen molar-refractivity contribution in [2.24, 2.45) is 0 Å². The molecule has 0 aliphatic rings. The summed E-state index contributed by atoms with van der Waals surface area (Å²) in [6.07, 6.45) is -4.49. The number of hydrogen-bond donors (Lipinski definition) is 3. The van der Waals surface area contributed by atoms with Crippen LogP contribution in [0.2, 0.25) is 0 Å². The average Bonchev–Trinajstić information content (AvgIpc) is 2.37. The van der Waals surface area contributed by atoms with Crippen LogP contribution in [0.4, 0.5) is 24.5 Å². The lowest BCUT2D eigenvalue weighted by Gasteiger charge is -2.12. The Kier molecular flexibility index (Phi) is 3.75. The van der Waals surface area contributed by atoms with Crippen LogP contribution in [0, 0.1) is 0 Å². The number of benzene rings is 2. The maximum Gasteiger partial charge on any atom is 0.416 e. The minimum absolute atomic E-state index is 0.00169. The van der Waals surface area contributed by atoms with Crippen LogP contribution in [-0.2, 0) is 6.18 Å². The molecule has 0 heterocycles. The smallest absolute Gasteiger partial charge is 0.416 e. The zero-order valence-corrected chi connectivity index (χ0v) is 10.5. The molecule has 2 aromatic rings. The molecule has 2 rings (SSSR count). The number of halogens is 3. The van der Waals surface area contributed by atoms with E-state index in [9.17, 15) is 23.1 Å². The lowest BCUT2D eigenvalue weighted by molar-refractivity contribution is -0.137. The van der Waals surface area contributed by atoms with Gasteiger partial charge in [-0.2, -0.15) is 13.2 Å². The molecule has 0 spiro atoms. The molecule has 0 radical (unpaired) electrons. The summed E-state index contributed by atoms with van der Waals surface area (Å²) in [5.41, 5.74) is -0.950. The van der Waals surface area contributed by atoms with E-state index in [4.69, 9.17) is 5.11 Å². The predicted octanol–water partition coefficient (Wildman–Crippen LogP) is 3.85. The number of alkyl halides is 3. The number of rotatable bonds is 3. The zero-order chi connectivity index (χ0) is 15.6. The first kappa shape index (κ1) is 14.7. The summed E-state index contributed by atoms with van der Waals surface area (Å²) in [6.45, 7) is 0. The van der Waals surface area contributed by atoms with Crippen LogP contribution < -0.4 is 5.32 Å². The Morgan fingerprint density at radius 1 is 1.10 bits per heavy atom. The fourth-order valence-corrected chi connectivity index (χ4v) is 1.75. The highest BCUT2D eigenvalue weighted by Crippen LogP contribution is 2.32. The summed E-state index contributed by atoms with van der Waals surface area (Å²) >= 11 is 0. The first-order chi connectivity index (χ1) is 9.77. The fraction of sp³-hybridized carbons (Fsp3) is 0.0714. The third-order valence-corrected chi connectivity index (χ3v) is 2.70. The van der Waals surface area contributed by atoms with Crippen molar-refractivity contribution in [1.82, 2.24) is 0 Å². The summed E-state index contributed by atoms with van der Waals surface area (Å²) in [5.74, 6) is -1.46. The Morgan fingerprint density at radius 2 is 1.81 bits per heavy atom. The molecule has 0 saturated carbocycles. The summed E-state index contributed by atoms with van der Waals surface area (Å²) < 4.78 is 37.8. The number of phenolic OH excluding ortho intramolecular Hbond substituents is 1. The van der Waals surface area contributed by atoms with Crippen LogP contribution in [0.25, 0.3) is 0 Å². The van der Waals surface area contributed by atoms with Crippen LogP contribution >= 0.6 is 0 Å². The minimum atomic E-state index is -4.49. The van der Waals surface area contributed by atoms with Crippen LogP contribution in [0.3, 0.4) is 0 Å². The van der Waals surface area contributed by atoms with Crippen molar-refractivity contribution in [3.05, 3.63) is 53.6 Å². The van der Waals surface area contributed by atoms with E-state index in [1.165, 1.54) is 18.2 Å². The molecule has 3 N–H and O–H groups in total. The molecule has 0 unspecified atom stereocenters. The molecule has 0 aliphatic heterocycles. The second kappa shape index (κ2) is 5.35. The molecule has 110 valence electrons. The number of nitrogens with one attached hydrogen (secondary N) is 1. The van der Waals surface area contributed by atoms with Gasteiger partial charge in [0.25, 0.3) is 0 Å². The second-order valence-corrected chi connectivity index (χ2v) is 4.24. The zero-order valence-electron chi connectivity index (χ0n) is 10.5. The van der Waals surface area contributed by atoms with Gasteiger partial charge in [0.15, 0.2) is 0 Å². The van der Waals surface area contributed by atoms with Crippen molar-refractivity contribution in [2.45, 2.75) is 6.18 Å². The number of hydrogen-bond acceptors (Lipinski definition) is 3. The number of carbonyl (C=O) groups is 1. The molecule has 7 heteroatoms. The van der Waals surface area contributed by atoms with Crippen molar-refractivity contribution in [3.8, 4) is 5.75 Å². The van der Waals surface area contributed by atoms with Gasteiger partial charge in [0, 0.05) is 11.8 Å². The lowest BCUT2D eigenvalue weighted by atomic mass is 10.1. The lowest BCUT2D eigenvalue weighted by Crippen LogP contribution is -2.06. The van der Waals surface area contributed by atoms with Crippen LogP contribution in [0.5, 0.6) is 5.75 Å². The molecule has 4 nitrogen and oxygen atoms in total. The van der Waals surface area contributed by atoms with Gasteiger partial charge in [-0.15, -0.1) is 0 Å². The number of aromatic carboxylic acids is 1. The monoisotopic (exact) mass is 297 g/mol. The molecule has 0 aliphatic carbocycles. The highest BCUT2D eigenvalue weighted by molar-refractivity contribution is 5.95. The SMILES string of the molecule is O=C(O)c1ccc(O)cc1Nc1cccc(C(F)(F)F)c1. The Labute approximate surface area is 117 Å². The van der Waals surface area contributed by atoms with E-state index in [0.717, 1.165) is 24.3 Å². The molecule has 0 saturated heterocycles. The summed E-state index contributed by atoms with van der Waals surface area (Å²) in [6, 6.07) is 7.80. The van der Waals surface area contributed by atoms with Gasteiger partial charge in [-0.25, -0.2) is 4.79 Å². The topological polar surface area (TPSA) is 69.6 Å². The van der Waals surface area contributed by atoms with Crippen LogP contribution in [0.1, 0.15) is 15.9 Å². The molecular weight excluding hydrogens is 287 g/mol. The van der Waals surface area contributed by atoms with E-state index in [0.29, 0.717) is 0 Å². The Morgan fingerprint density at radius 3 is 2.43 bits per heavy atom. The molecule has 0 fully saturated rings. The Balaban J connectivity index is 2.39. The number of anilines is 2. The van der Waals surface area contributed by atoms with Crippen molar-refractivity contribution in [1.29, 1.82) is 0 Å². The van der Waals surface area contributed by atoms with Gasteiger partial charge in [-0.3, -0.25) is 0 Å². The summed E-state index contributed by atoms with van der Waals surface area (Å²) in [7, 11) is 0. The highest BCUT2D eigenvalue weighted by atomic mass is 19.4. The molecule has 2 aromatic carbocycles. The highest BCUT2D eigenvalue weighted by Gasteiger charge is 2.30. The standard InChI is InChI=1S/C14H10F3NO3/c15-14(16,17)8-2-1-3-9(6-8)18-12-7-10(19)4-5-11(12)13(20)21/h1-7,18-19H,(H,20,21). The first-order valence-corrected chi connectivity index (χ1v) is 5.78. The van der Waals surface area contributed by atoms with Gasteiger partial charge < -0.3 is 15.5 Å². The van der Waals surface area contributed by atoms with Gasteiger partial charge in [-0.1, -0.05) is 6.07 Å². The van der Waals surface area contributed by atoms with Crippen LogP contribution in [0.15, 0.2) is 42.5 Å². The van der Waals surface area contributed by atoms with Gasteiger partial charge in [0.05, 0.1) is 16.8 Å². The van der Waals surface area contributed by atoms with Crippen molar-refractivity contribution >= 4 is 17.3 Å². The van der Waals surface area contributed by atoms with E-state index in [1.54, 1.807) is 0 Å². The molecule has 0 amide bonds. The molecule has 21 heavy (non-hydrogen) atoms. The average molecular weight is 297 g/mol. The number of phenols is 1. The Hall–Kier alpha value is -2.70. The van der Waals surface area contributed by atoms with Gasteiger partial charge in [0.1, 0.15) is 5.75 Å². The third-order valence-electron chi connectivity index (χ3n) is 2.70. The molecular formula is C14H10F3NO3. The normalized spacial score (nSPS) is 11.2. The molecule has 0 aromatic heterocycles. The molecule has 0 bridgehead atoms. The Bertz CT molecular complexity index is 683. The van der Waals surface area contributed by atoms with E-state index >= 15 is 0 Å². The quantitative estimate of drug-likeness (QED) is 0.804. The van der Waals surface area contributed by atoms with E-state index in [1.807, 2.05) is 0 Å². The predicted molar refractivity (Wildman–Crippen MR) is 69.8 cm³/mol. The van der Waals surface area contributed by atoms with Gasteiger partial charge >= 0.3 is 12.1 Å². The summed E-state index contributed by atoms with van der Waals surface area (Å²) in [5, 5.41) is 21.0. The number of carboxylic acids is 1. The largest absolute Gasteiger partial charge is 0.508 e. The van der Waals surface area contributed by atoms with Crippen molar-refractivity contribution in [3.63, 3.8) is 0 Å². The van der Waals surface area contributed by atoms with Gasteiger partial charge in [0.2, 0.25) is 0 Å². The minimum Gasteiger partial charge on any atom is -0.508 e. The van der Waals surface area contributed by atoms with Crippen molar-refractivity contribution in [2.75, 3.05) is 5.32 Å². The number of aromatic hydroxyl groups is 1. The third kappa shape index (κ3) is 3.44. The number of carboxylic acid groups (broad SMARTS) is 1. The van der Waals surface area contributed by atoms with Crippen molar-refractivity contribution < 1.29 is 28.2 Å².